The van der Waals surface area contributed by atoms with E-state index in [0.29, 0.717) is 0 Å². The van der Waals surface area contributed by atoms with E-state index in [9.17, 15) is 4.79 Å². The number of anilines is 1. The number of para-hydroxylation sites is 1. The zero-order valence-electron chi connectivity index (χ0n) is 11.3. The highest BCUT2D eigenvalue weighted by atomic mass is 16.2. The Morgan fingerprint density at radius 3 is 2.72 bits per heavy atom. The molecule has 1 aliphatic rings. The highest BCUT2D eigenvalue weighted by Gasteiger charge is 2.44. The zero-order chi connectivity index (χ0) is 13.2. The van der Waals surface area contributed by atoms with Gasteiger partial charge < -0.3 is 5.73 Å². The number of primary amides is 1. The van der Waals surface area contributed by atoms with Crippen LogP contribution in [0.2, 0.25) is 0 Å². The lowest BCUT2D eigenvalue weighted by Crippen LogP contribution is -2.52. The molecule has 98 valence electrons. The Labute approximate surface area is 109 Å². The molecule has 2 amide bonds. The molecule has 18 heavy (non-hydrogen) atoms. The molecule has 0 saturated heterocycles. The van der Waals surface area contributed by atoms with Gasteiger partial charge in [-0.2, -0.15) is 0 Å². The van der Waals surface area contributed by atoms with Gasteiger partial charge in [-0.25, -0.2) is 4.79 Å². The third kappa shape index (κ3) is 1.98. The second kappa shape index (κ2) is 5.01. The number of hydrogen-bond acceptors (Lipinski definition) is 1. The van der Waals surface area contributed by atoms with E-state index in [-0.39, 0.29) is 11.6 Å². The first kappa shape index (κ1) is 12.9. The number of urea groups is 1. The Hall–Kier alpha value is -1.51. The Morgan fingerprint density at radius 1 is 1.39 bits per heavy atom. The molecule has 1 atom stereocenters. The van der Waals surface area contributed by atoms with Crippen LogP contribution in [0.1, 0.15) is 45.1 Å². The number of hydrogen-bond donors (Lipinski definition) is 1. The number of nitrogens with zero attached hydrogens (tertiary/aromatic N) is 1. The Balaban J connectivity index is 2.40. The fourth-order valence-corrected chi connectivity index (χ4v) is 3.09. The second-order valence-corrected chi connectivity index (χ2v) is 5.16. The van der Waals surface area contributed by atoms with E-state index in [2.05, 4.69) is 19.9 Å². The molecule has 0 radical (unpaired) electrons. The van der Waals surface area contributed by atoms with Crippen LogP contribution < -0.4 is 10.6 Å². The topological polar surface area (TPSA) is 46.3 Å². The Bertz CT molecular complexity index is 444. The van der Waals surface area contributed by atoms with Crippen LogP contribution in [0.4, 0.5) is 10.5 Å². The van der Waals surface area contributed by atoms with E-state index in [1.54, 1.807) is 0 Å². The van der Waals surface area contributed by atoms with Crippen LogP contribution in [0, 0.1) is 0 Å². The standard InChI is InChI=1S/C15H22N2O/c1-3-5-10-15(4-2)11-12-8-6-7-9-13(12)17(15)14(16)18/h6-9H,3-5,10-11H2,1-2H3,(H2,16,18). The number of carbonyl (C=O) groups is 1. The van der Waals surface area contributed by atoms with Crippen LogP contribution in [-0.2, 0) is 6.42 Å². The van der Waals surface area contributed by atoms with Gasteiger partial charge in [0.25, 0.3) is 0 Å². The summed E-state index contributed by atoms with van der Waals surface area (Å²) in [5, 5.41) is 0. The number of fused-ring (bicyclic) bond motifs is 1. The molecule has 0 aliphatic carbocycles. The minimum Gasteiger partial charge on any atom is -0.351 e. The number of benzene rings is 1. The maximum absolute atomic E-state index is 11.9. The Morgan fingerprint density at radius 2 is 2.11 bits per heavy atom. The predicted octanol–water partition coefficient (Wildman–Crippen LogP) is 3.47. The molecule has 0 spiro atoms. The van der Waals surface area contributed by atoms with Crippen molar-refractivity contribution >= 4 is 11.7 Å². The van der Waals surface area contributed by atoms with E-state index in [4.69, 9.17) is 5.73 Å². The van der Waals surface area contributed by atoms with Gasteiger partial charge in [-0.1, -0.05) is 44.9 Å². The summed E-state index contributed by atoms with van der Waals surface area (Å²) in [5.41, 5.74) is 7.76. The fraction of sp³-hybridized carbons (Fsp3) is 0.533. The predicted molar refractivity (Wildman–Crippen MR) is 74.8 cm³/mol. The lowest BCUT2D eigenvalue weighted by Gasteiger charge is -2.37. The number of nitrogens with two attached hydrogens (primary N) is 1. The van der Waals surface area contributed by atoms with Crippen LogP contribution >= 0.6 is 0 Å². The van der Waals surface area contributed by atoms with E-state index in [1.165, 1.54) is 5.56 Å². The number of amides is 2. The van der Waals surface area contributed by atoms with Crippen molar-refractivity contribution in [1.29, 1.82) is 0 Å². The molecule has 0 aromatic heterocycles. The lowest BCUT2D eigenvalue weighted by atomic mass is 9.86. The van der Waals surface area contributed by atoms with E-state index >= 15 is 0 Å². The molecule has 1 aromatic rings. The summed E-state index contributed by atoms with van der Waals surface area (Å²) in [6.45, 7) is 4.33. The second-order valence-electron chi connectivity index (χ2n) is 5.16. The summed E-state index contributed by atoms with van der Waals surface area (Å²) in [6.07, 6.45) is 5.18. The molecule has 0 bridgehead atoms. The molecule has 3 nitrogen and oxygen atoms in total. The smallest absolute Gasteiger partial charge is 0.319 e. The first-order valence-corrected chi connectivity index (χ1v) is 6.82. The first-order chi connectivity index (χ1) is 8.64. The summed E-state index contributed by atoms with van der Waals surface area (Å²) < 4.78 is 0. The summed E-state index contributed by atoms with van der Waals surface area (Å²) >= 11 is 0. The van der Waals surface area contributed by atoms with E-state index in [0.717, 1.165) is 37.8 Å². The zero-order valence-corrected chi connectivity index (χ0v) is 11.3. The molecule has 0 saturated carbocycles. The Kier molecular flexibility index (Phi) is 3.60. The van der Waals surface area contributed by atoms with Crippen LogP contribution in [0.5, 0.6) is 0 Å². The van der Waals surface area contributed by atoms with E-state index < -0.39 is 0 Å². The molecular formula is C15H22N2O. The maximum atomic E-state index is 11.9. The van der Waals surface area contributed by atoms with Crippen LogP contribution in [0.15, 0.2) is 24.3 Å². The third-order valence-electron chi connectivity index (χ3n) is 4.10. The van der Waals surface area contributed by atoms with Crippen molar-refractivity contribution in [3.8, 4) is 0 Å². The quantitative estimate of drug-likeness (QED) is 0.868. The third-order valence-corrected chi connectivity index (χ3v) is 4.10. The first-order valence-electron chi connectivity index (χ1n) is 6.82. The average Bonchev–Trinajstić information content (AvgIpc) is 2.71. The van der Waals surface area contributed by atoms with Crippen LogP contribution in [0.3, 0.4) is 0 Å². The van der Waals surface area contributed by atoms with Crippen molar-refractivity contribution in [2.75, 3.05) is 4.90 Å². The van der Waals surface area contributed by atoms with Crippen LogP contribution in [0.25, 0.3) is 0 Å². The molecule has 0 fully saturated rings. The van der Waals surface area contributed by atoms with Gasteiger partial charge >= 0.3 is 6.03 Å². The van der Waals surface area contributed by atoms with Crippen molar-refractivity contribution in [3.05, 3.63) is 29.8 Å². The van der Waals surface area contributed by atoms with Gasteiger partial charge in [0.1, 0.15) is 0 Å². The number of unbranched alkanes of at least 4 members (excludes halogenated alkanes) is 1. The van der Waals surface area contributed by atoms with Gasteiger partial charge in [-0.05, 0) is 30.9 Å². The molecule has 3 heteroatoms. The summed E-state index contributed by atoms with van der Waals surface area (Å²) in [7, 11) is 0. The van der Waals surface area contributed by atoms with Crippen molar-refractivity contribution < 1.29 is 4.79 Å². The summed E-state index contributed by atoms with van der Waals surface area (Å²) in [5.74, 6) is 0. The van der Waals surface area contributed by atoms with Gasteiger partial charge in [0.2, 0.25) is 0 Å². The minimum absolute atomic E-state index is 0.106. The molecule has 1 aliphatic heterocycles. The number of rotatable bonds is 4. The highest BCUT2D eigenvalue weighted by Crippen LogP contribution is 2.43. The van der Waals surface area contributed by atoms with Crippen molar-refractivity contribution in [2.24, 2.45) is 5.73 Å². The SMILES string of the molecule is CCCCC1(CC)Cc2ccccc2N1C(N)=O. The average molecular weight is 246 g/mol. The largest absolute Gasteiger partial charge is 0.351 e. The van der Waals surface area contributed by atoms with Gasteiger partial charge in [-0.15, -0.1) is 0 Å². The highest BCUT2D eigenvalue weighted by molar-refractivity contribution is 5.95. The summed E-state index contributed by atoms with van der Waals surface area (Å²) in [4.78, 5) is 13.7. The maximum Gasteiger partial charge on any atom is 0.319 e. The van der Waals surface area contributed by atoms with Crippen molar-refractivity contribution in [3.63, 3.8) is 0 Å². The molecular weight excluding hydrogens is 224 g/mol. The lowest BCUT2D eigenvalue weighted by molar-refractivity contribution is 0.243. The van der Waals surface area contributed by atoms with E-state index in [1.807, 2.05) is 23.1 Å². The molecule has 1 aromatic carbocycles. The summed E-state index contributed by atoms with van der Waals surface area (Å²) in [6, 6.07) is 7.79. The van der Waals surface area contributed by atoms with Gasteiger partial charge in [0.05, 0.1) is 5.54 Å². The van der Waals surface area contributed by atoms with Crippen LogP contribution in [-0.4, -0.2) is 11.6 Å². The molecule has 1 heterocycles. The molecule has 2 N–H and O–H groups in total. The minimum atomic E-state index is -0.321. The number of carbonyl (C=O) groups excluding carboxylic acids is 1. The van der Waals surface area contributed by atoms with Crippen molar-refractivity contribution in [1.82, 2.24) is 0 Å². The van der Waals surface area contributed by atoms with Crippen molar-refractivity contribution in [2.45, 2.75) is 51.5 Å². The van der Waals surface area contributed by atoms with Gasteiger partial charge in [-0.3, -0.25) is 4.90 Å². The van der Waals surface area contributed by atoms with Gasteiger partial charge in [0, 0.05) is 5.69 Å². The normalized spacial score (nSPS) is 22.0. The van der Waals surface area contributed by atoms with Gasteiger partial charge in [0.15, 0.2) is 0 Å². The monoisotopic (exact) mass is 246 g/mol. The fourth-order valence-electron chi connectivity index (χ4n) is 3.09. The molecule has 1 unspecified atom stereocenters. The molecule has 2 rings (SSSR count).